The van der Waals surface area contributed by atoms with Crippen LogP contribution < -0.4 is 10.1 Å². The van der Waals surface area contributed by atoms with Crippen LogP contribution >= 0.6 is 11.6 Å². The molecule has 0 saturated carbocycles. The Morgan fingerprint density at radius 2 is 2.05 bits per heavy atom. The molecule has 3 nitrogen and oxygen atoms in total. The molecule has 0 aliphatic rings. The van der Waals surface area contributed by atoms with Crippen molar-refractivity contribution >= 4 is 11.6 Å². The van der Waals surface area contributed by atoms with E-state index < -0.39 is 0 Å². The number of ether oxygens (including phenoxy) is 2. The summed E-state index contributed by atoms with van der Waals surface area (Å²) in [5.74, 6) is 0.919. The molecule has 0 radical (unpaired) electrons. The van der Waals surface area contributed by atoms with E-state index >= 15 is 0 Å². The van der Waals surface area contributed by atoms with E-state index in [-0.39, 0.29) is 0 Å². The second-order valence-corrected chi connectivity index (χ2v) is 5.49. The Morgan fingerprint density at radius 3 is 2.75 bits per heavy atom. The summed E-state index contributed by atoms with van der Waals surface area (Å²) in [7, 11) is 0. The van der Waals surface area contributed by atoms with E-state index in [2.05, 4.69) is 26.1 Å². The lowest BCUT2D eigenvalue weighted by Crippen LogP contribution is -2.18. The Balaban J connectivity index is 2.35. The molecular formula is C16H26ClNO2. The smallest absolute Gasteiger partial charge is 0.123 e. The summed E-state index contributed by atoms with van der Waals surface area (Å²) in [6, 6.07) is 5.77. The molecule has 1 aromatic rings. The number of hydrogen-bond donors (Lipinski definition) is 1. The summed E-state index contributed by atoms with van der Waals surface area (Å²) < 4.78 is 11.2. The molecule has 4 heteroatoms. The number of nitrogens with one attached hydrogen (secondary N) is 1. The van der Waals surface area contributed by atoms with Crippen LogP contribution in [0.3, 0.4) is 0 Å². The van der Waals surface area contributed by atoms with Crippen molar-refractivity contribution in [1.29, 1.82) is 0 Å². The molecule has 0 fully saturated rings. The van der Waals surface area contributed by atoms with Gasteiger partial charge in [-0.3, -0.25) is 0 Å². The fourth-order valence-corrected chi connectivity index (χ4v) is 1.97. The Kier molecular flexibility index (Phi) is 8.67. The maximum absolute atomic E-state index is 6.04. The van der Waals surface area contributed by atoms with Crippen LogP contribution in [0.15, 0.2) is 18.2 Å². The van der Waals surface area contributed by atoms with Crippen molar-refractivity contribution in [3.63, 3.8) is 0 Å². The van der Waals surface area contributed by atoms with Crippen LogP contribution in [0.4, 0.5) is 0 Å². The Labute approximate surface area is 127 Å². The van der Waals surface area contributed by atoms with Gasteiger partial charge in [-0.05, 0) is 51.4 Å². The van der Waals surface area contributed by atoms with Crippen LogP contribution in [0.25, 0.3) is 0 Å². The first-order chi connectivity index (χ1) is 9.63. The lowest BCUT2D eigenvalue weighted by atomic mass is 10.2. The van der Waals surface area contributed by atoms with E-state index in [1.807, 2.05) is 18.2 Å². The molecule has 0 saturated heterocycles. The van der Waals surface area contributed by atoms with E-state index in [0.717, 1.165) is 55.5 Å². The number of benzene rings is 1. The summed E-state index contributed by atoms with van der Waals surface area (Å²) in [5.41, 5.74) is 1.11. The Bertz CT molecular complexity index is 383. The maximum atomic E-state index is 6.04. The standard InChI is InChI=1S/C16H26ClNO2/c1-4-9-20-16-7-6-15(17)11-14(16)12-18-8-5-10-19-13(2)3/h6-7,11,13,18H,4-5,8-10,12H2,1-3H3. The van der Waals surface area contributed by atoms with Crippen LogP contribution in [0.1, 0.15) is 39.2 Å². The second-order valence-electron chi connectivity index (χ2n) is 5.05. The second kappa shape index (κ2) is 10.0. The molecule has 0 aromatic heterocycles. The maximum Gasteiger partial charge on any atom is 0.123 e. The minimum atomic E-state index is 0.303. The molecule has 0 heterocycles. The first kappa shape index (κ1) is 17.3. The number of hydrogen-bond acceptors (Lipinski definition) is 3. The molecule has 1 aromatic carbocycles. The third-order valence-corrected chi connectivity index (χ3v) is 2.98. The molecule has 1 N–H and O–H groups in total. The van der Waals surface area contributed by atoms with Crippen LogP contribution in [0.2, 0.25) is 5.02 Å². The van der Waals surface area contributed by atoms with Crippen LogP contribution in [0, 0.1) is 0 Å². The van der Waals surface area contributed by atoms with Gasteiger partial charge >= 0.3 is 0 Å². The van der Waals surface area contributed by atoms with Gasteiger partial charge in [-0.15, -0.1) is 0 Å². The molecule has 0 spiro atoms. The van der Waals surface area contributed by atoms with E-state index in [1.165, 1.54) is 0 Å². The fourth-order valence-electron chi connectivity index (χ4n) is 1.78. The molecule has 0 unspecified atom stereocenters. The van der Waals surface area contributed by atoms with Gasteiger partial charge in [0.05, 0.1) is 12.7 Å². The summed E-state index contributed by atoms with van der Waals surface area (Å²) in [5, 5.41) is 4.15. The zero-order chi connectivity index (χ0) is 14.8. The van der Waals surface area contributed by atoms with Gasteiger partial charge in [-0.2, -0.15) is 0 Å². The number of rotatable bonds is 10. The SMILES string of the molecule is CCCOc1ccc(Cl)cc1CNCCCOC(C)C. The van der Waals surface area contributed by atoms with E-state index in [4.69, 9.17) is 21.1 Å². The summed E-state index contributed by atoms with van der Waals surface area (Å²) in [4.78, 5) is 0. The summed E-state index contributed by atoms with van der Waals surface area (Å²) in [6.45, 7) is 9.42. The topological polar surface area (TPSA) is 30.5 Å². The van der Waals surface area contributed by atoms with Crippen molar-refractivity contribution in [3.05, 3.63) is 28.8 Å². The molecule has 0 aliphatic heterocycles. The summed E-state index contributed by atoms with van der Waals surface area (Å²) in [6.07, 6.45) is 2.31. The highest BCUT2D eigenvalue weighted by Crippen LogP contribution is 2.23. The average molecular weight is 300 g/mol. The van der Waals surface area contributed by atoms with Crippen molar-refractivity contribution in [1.82, 2.24) is 5.32 Å². The van der Waals surface area contributed by atoms with E-state index in [9.17, 15) is 0 Å². The van der Waals surface area contributed by atoms with Gasteiger partial charge in [0.15, 0.2) is 0 Å². The van der Waals surface area contributed by atoms with Crippen molar-refractivity contribution in [2.75, 3.05) is 19.8 Å². The zero-order valence-electron chi connectivity index (χ0n) is 12.7. The normalized spacial score (nSPS) is 11.1. The van der Waals surface area contributed by atoms with E-state index in [1.54, 1.807) is 0 Å². The number of halogens is 1. The van der Waals surface area contributed by atoms with E-state index in [0.29, 0.717) is 6.10 Å². The Hall–Kier alpha value is -0.770. The quantitative estimate of drug-likeness (QED) is 0.662. The molecule has 0 bridgehead atoms. The highest BCUT2D eigenvalue weighted by Gasteiger charge is 2.04. The van der Waals surface area contributed by atoms with Crippen molar-refractivity contribution in [2.24, 2.45) is 0 Å². The van der Waals surface area contributed by atoms with Crippen LogP contribution in [0.5, 0.6) is 5.75 Å². The molecule has 1 rings (SSSR count). The monoisotopic (exact) mass is 299 g/mol. The highest BCUT2D eigenvalue weighted by molar-refractivity contribution is 6.30. The zero-order valence-corrected chi connectivity index (χ0v) is 13.5. The first-order valence-electron chi connectivity index (χ1n) is 7.37. The van der Waals surface area contributed by atoms with Gasteiger partial charge in [-0.25, -0.2) is 0 Å². The largest absolute Gasteiger partial charge is 0.493 e. The van der Waals surface area contributed by atoms with Crippen LogP contribution in [-0.4, -0.2) is 25.9 Å². The lowest BCUT2D eigenvalue weighted by Gasteiger charge is -2.12. The molecular weight excluding hydrogens is 274 g/mol. The first-order valence-corrected chi connectivity index (χ1v) is 7.74. The molecule has 20 heavy (non-hydrogen) atoms. The van der Waals surface area contributed by atoms with Crippen LogP contribution in [-0.2, 0) is 11.3 Å². The van der Waals surface area contributed by atoms with Crippen molar-refractivity contribution < 1.29 is 9.47 Å². The summed E-state index contributed by atoms with van der Waals surface area (Å²) >= 11 is 6.04. The predicted molar refractivity (Wildman–Crippen MR) is 84.6 cm³/mol. The van der Waals surface area contributed by atoms with Gasteiger partial charge in [-0.1, -0.05) is 18.5 Å². The highest BCUT2D eigenvalue weighted by atomic mass is 35.5. The molecule has 0 atom stereocenters. The molecule has 0 amide bonds. The lowest BCUT2D eigenvalue weighted by molar-refractivity contribution is 0.0770. The van der Waals surface area contributed by atoms with Crippen molar-refractivity contribution in [3.8, 4) is 5.75 Å². The predicted octanol–water partition coefficient (Wildman–Crippen LogP) is 4.03. The third kappa shape index (κ3) is 7.13. The average Bonchev–Trinajstić information content (AvgIpc) is 2.41. The fraction of sp³-hybridized carbons (Fsp3) is 0.625. The van der Waals surface area contributed by atoms with Gasteiger partial charge in [0, 0.05) is 23.7 Å². The van der Waals surface area contributed by atoms with Gasteiger partial charge in [0.25, 0.3) is 0 Å². The molecule has 0 aliphatic carbocycles. The van der Waals surface area contributed by atoms with Crippen molar-refractivity contribution in [2.45, 2.75) is 46.3 Å². The third-order valence-electron chi connectivity index (χ3n) is 2.75. The van der Waals surface area contributed by atoms with Gasteiger partial charge in [0.2, 0.25) is 0 Å². The minimum absolute atomic E-state index is 0.303. The van der Waals surface area contributed by atoms with Gasteiger partial charge < -0.3 is 14.8 Å². The van der Waals surface area contributed by atoms with Gasteiger partial charge in [0.1, 0.15) is 5.75 Å². The molecule has 114 valence electrons. The minimum Gasteiger partial charge on any atom is -0.493 e. The Morgan fingerprint density at radius 1 is 1.25 bits per heavy atom.